The fourth-order valence-corrected chi connectivity index (χ4v) is 4.98. The lowest BCUT2D eigenvalue weighted by Crippen LogP contribution is -2.41. The third-order valence-corrected chi connectivity index (χ3v) is 6.46. The van der Waals surface area contributed by atoms with Gasteiger partial charge in [-0.15, -0.1) is 0 Å². The van der Waals surface area contributed by atoms with Crippen LogP contribution >= 0.6 is 11.6 Å². The van der Waals surface area contributed by atoms with E-state index < -0.39 is 17.8 Å². The van der Waals surface area contributed by atoms with E-state index in [1.807, 2.05) is 0 Å². The van der Waals surface area contributed by atoms with Crippen molar-refractivity contribution in [1.82, 2.24) is 9.88 Å². The van der Waals surface area contributed by atoms with Crippen molar-refractivity contribution in [3.8, 4) is 11.5 Å². The minimum absolute atomic E-state index is 0.157. The Labute approximate surface area is 201 Å². The second-order valence-corrected chi connectivity index (χ2v) is 8.72. The van der Waals surface area contributed by atoms with Crippen molar-refractivity contribution in [2.75, 3.05) is 13.7 Å². The highest BCUT2D eigenvalue weighted by atomic mass is 35.5. The van der Waals surface area contributed by atoms with Gasteiger partial charge >= 0.3 is 5.97 Å². The zero-order valence-electron chi connectivity index (χ0n) is 18.9. The van der Waals surface area contributed by atoms with E-state index in [1.54, 1.807) is 42.9 Å². The normalized spacial score (nSPS) is 16.1. The lowest BCUT2D eigenvalue weighted by Gasteiger charge is -2.26. The van der Waals surface area contributed by atoms with Gasteiger partial charge in [0.15, 0.2) is 6.61 Å². The number of amides is 1. The van der Waals surface area contributed by atoms with Gasteiger partial charge in [0.1, 0.15) is 23.4 Å². The number of hydrogen-bond donors (Lipinski definition) is 2. The minimum Gasteiger partial charge on any atom is -0.497 e. The quantitative estimate of drug-likeness (QED) is 0.486. The molecular weight excluding hydrogens is 463 g/mol. The summed E-state index contributed by atoms with van der Waals surface area (Å²) in [7, 11) is 1.55. The lowest BCUT2D eigenvalue weighted by molar-refractivity contribution is -0.141. The topological polar surface area (TPSA) is 89.8 Å². The summed E-state index contributed by atoms with van der Waals surface area (Å²) < 4.78 is 26.7. The SMILES string of the molecule is CCC(C(=O)O)n1c2c(c3cc(F)cc(Cl)c31)C[C@@H](NC(=O)COc1cccc(OC)c1)CC2. The second kappa shape index (κ2) is 9.93. The van der Waals surface area contributed by atoms with Crippen molar-refractivity contribution in [1.29, 1.82) is 0 Å². The molecule has 0 aliphatic heterocycles. The number of carboxylic acid groups (broad SMARTS) is 1. The van der Waals surface area contributed by atoms with Crippen LogP contribution in [0.3, 0.4) is 0 Å². The van der Waals surface area contributed by atoms with Crippen molar-refractivity contribution in [3.63, 3.8) is 0 Å². The standard InChI is InChI=1S/C25H26ClFN2O5/c1-3-21(25(31)32)29-22-8-7-15(11-18(22)19-9-14(27)10-20(26)24(19)29)28-23(30)13-34-17-6-4-5-16(12-17)33-2/h4-6,9-10,12,15,21H,3,7-8,11,13H2,1-2H3,(H,28,30)(H,31,32)/t15-,21?/m0/s1. The van der Waals surface area contributed by atoms with Gasteiger partial charge in [0.25, 0.3) is 5.91 Å². The number of hydrogen-bond acceptors (Lipinski definition) is 4. The van der Waals surface area contributed by atoms with Gasteiger partial charge in [0.05, 0.1) is 17.6 Å². The third-order valence-electron chi connectivity index (χ3n) is 6.17. The Morgan fingerprint density at radius 2 is 2.06 bits per heavy atom. The maximum absolute atomic E-state index is 14.2. The molecule has 1 unspecified atom stereocenters. The average molecular weight is 489 g/mol. The summed E-state index contributed by atoms with van der Waals surface area (Å²) in [4.78, 5) is 24.5. The Bertz CT molecular complexity index is 1240. The molecule has 1 amide bonds. The third kappa shape index (κ3) is 4.68. The zero-order chi connectivity index (χ0) is 24.4. The molecule has 0 bridgehead atoms. The molecule has 1 heterocycles. The first kappa shape index (κ1) is 23.9. The molecule has 4 rings (SSSR count). The number of carbonyl (C=O) groups excluding carboxylic acids is 1. The fraction of sp³-hybridized carbons (Fsp3) is 0.360. The number of nitrogens with zero attached hydrogens (tertiary/aromatic N) is 1. The average Bonchev–Trinajstić information content (AvgIpc) is 3.12. The van der Waals surface area contributed by atoms with E-state index in [9.17, 15) is 19.1 Å². The van der Waals surface area contributed by atoms with Crippen LogP contribution in [-0.4, -0.2) is 41.3 Å². The number of benzene rings is 2. The van der Waals surface area contributed by atoms with Crippen molar-refractivity contribution >= 4 is 34.4 Å². The maximum Gasteiger partial charge on any atom is 0.326 e. The molecule has 2 aromatic carbocycles. The van der Waals surface area contributed by atoms with Gasteiger partial charge in [-0.3, -0.25) is 4.79 Å². The zero-order valence-corrected chi connectivity index (χ0v) is 19.7. The van der Waals surface area contributed by atoms with Crippen LogP contribution < -0.4 is 14.8 Å². The highest BCUT2D eigenvalue weighted by Gasteiger charge is 2.32. The van der Waals surface area contributed by atoms with Crippen molar-refractivity contribution in [3.05, 3.63) is 58.5 Å². The number of methoxy groups -OCH3 is 1. The summed E-state index contributed by atoms with van der Waals surface area (Å²) in [5, 5.41) is 13.5. The fourth-order valence-electron chi connectivity index (χ4n) is 4.68. The number of fused-ring (bicyclic) bond motifs is 3. The van der Waals surface area contributed by atoms with Gasteiger partial charge in [0, 0.05) is 23.2 Å². The summed E-state index contributed by atoms with van der Waals surface area (Å²) in [6, 6.07) is 8.58. The Kier molecular flexibility index (Phi) is 6.97. The van der Waals surface area contributed by atoms with Crippen LogP contribution in [0.25, 0.3) is 10.9 Å². The molecule has 0 saturated heterocycles. The first-order valence-corrected chi connectivity index (χ1v) is 11.5. The molecule has 1 aliphatic rings. The monoisotopic (exact) mass is 488 g/mol. The first-order valence-electron chi connectivity index (χ1n) is 11.1. The van der Waals surface area contributed by atoms with Gasteiger partial charge < -0.3 is 24.5 Å². The maximum atomic E-state index is 14.2. The summed E-state index contributed by atoms with van der Waals surface area (Å²) in [6.07, 6.45) is 1.96. The predicted molar refractivity (Wildman–Crippen MR) is 126 cm³/mol. The molecule has 9 heteroatoms. The number of aromatic nitrogens is 1. The Morgan fingerprint density at radius 1 is 1.29 bits per heavy atom. The van der Waals surface area contributed by atoms with Gasteiger partial charge in [-0.25, -0.2) is 9.18 Å². The van der Waals surface area contributed by atoms with E-state index in [4.69, 9.17) is 21.1 Å². The highest BCUT2D eigenvalue weighted by molar-refractivity contribution is 6.35. The molecule has 0 saturated carbocycles. The van der Waals surface area contributed by atoms with Crippen LogP contribution in [0, 0.1) is 5.82 Å². The van der Waals surface area contributed by atoms with E-state index in [2.05, 4.69) is 5.32 Å². The van der Waals surface area contributed by atoms with Crippen molar-refractivity contribution in [2.24, 2.45) is 0 Å². The van der Waals surface area contributed by atoms with Crippen LogP contribution in [0.15, 0.2) is 36.4 Å². The highest BCUT2D eigenvalue weighted by Crippen LogP contribution is 2.39. The number of rotatable bonds is 8. The number of aliphatic carboxylic acids is 1. The molecular formula is C25H26ClFN2O5. The molecule has 180 valence electrons. The van der Waals surface area contributed by atoms with Crippen molar-refractivity contribution in [2.45, 2.75) is 44.7 Å². The molecule has 0 spiro atoms. The summed E-state index contributed by atoms with van der Waals surface area (Å²) in [6.45, 7) is 1.64. The molecule has 0 fully saturated rings. The smallest absolute Gasteiger partial charge is 0.326 e. The number of carboxylic acids is 1. The van der Waals surface area contributed by atoms with E-state index in [0.29, 0.717) is 48.1 Å². The van der Waals surface area contributed by atoms with E-state index in [0.717, 1.165) is 11.3 Å². The van der Waals surface area contributed by atoms with Crippen LogP contribution in [0.1, 0.15) is 37.1 Å². The van der Waals surface area contributed by atoms with E-state index >= 15 is 0 Å². The van der Waals surface area contributed by atoms with Gasteiger partial charge in [-0.2, -0.15) is 0 Å². The van der Waals surface area contributed by atoms with Crippen molar-refractivity contribution < 1.29 is 28.6 Å². The van der Waals surface area contributed by atoms with E-state index in [1.165, 1.54) is 12.1 Å². The summed E-state index contributed by atoms with van der Waals surface area (Å²) in [5.74, 6) is -0.577. The predicted octanol–water partition coefficient (Wildman–Crippen LogP) is 4.53. The van der Waals surface area contributed by atoms with Gasteiger partial charge in [-0.05, 0) is 55.5 Å². The molecule has 34 heavy (non-hydrogen) atoms. The summed E-state index contributed by atoms with van der Waals surface area (Å²) in [5.41, 5.74) is 2.17. The Morgan fingerprint density at radius 3 is 2.76 bits per heavy atom. The molecule has 1 aromatic heterocycles. The lowest BCUT2D eigenvalue weighted by atomic mass is 9.91. The Balaban J connectivity index is 1.56. The molecule has 0 radical (unpaired) electrons. The molecule has 7 nitrogen and oxygen atoms in total. The molecule has 2 N–H and O–H groups in total. The first-order chi connectivity index (χ1) is 16.3. The number of halogens is 2. The number of carbonyl (C=O) groups is 2. The van der Waals surface area contributed by atoms with Crippen LogP contribution in [0.2, 0.25) is 5.02 Å². The van der Waals surface area contributed by atoms with E-state index in [-0.39, 0.29) is 23.6 Å². The summed E-state index contributed by atoms with van der Waals surface area (Å²) >= 11 is 6.39. The van der Waals surface area contributed by atoms with Crippen LogP contribution in [0.5, 0.6) is 11.5 Å². The van der Waals surface area contributed by atoms with Crippen LogP contribution in [-0.2, 0) is 22.4 Å². The number of nitrogens with one attached hydrogen (secondary N) is 1. The number of ether oxygens (including phenoxy) is 2. The molecule has 2 atom stereocenters. The second-order valence-electron chi connectivity index (χ2n) is 8.32. The Hall–Kier alpha value is -3.26. The molecule has 3 aromatic rings. The minimum atomic E-state index is -0.965. The largest absolute Gasteiger partial charge is 0.497 e. The molecule has 1 aliphatic carbocycles. The van der Waals surface area contributed by atoms with Crippen LogP contribution in [0.4, 0.5) is 4.39 Å². The van der Waals surface area contributed by atoms with Gasteiger partial charge in [0.2, 0.25) is 0 Å². The van der Waals surface area contributed by atoms with Gasteiger partial charge in [-0.1, -0.05) is 24.6 Å².